The SMILES string of the molecule is C[Si]1(C)c2cccc(N(c3ccc(-c4ccc5ccccc5c4)cc3)c3cccc(-c4ccccc4)c3)c2-c2c1ccc1oc3ccccc3c21. The van der Waals surface area contributed by atoms with Crippen molar-refractivity contribution in [3.63, 3.8) is 0 Å². The number of fused-ring (bicyclic) bond motifs is 8. The van der Waals surface area contributed by atoms with Gasteiger partial charge in [-0.3, -0.25) is 0 Å². The van der Waals surface area contributed by atoms with Crippen LogP contribution in [0.5, 0.6) is 0 Å². The molecule has 0 aliphatic carbocycles. The molecular formula is C48H35NOSi. The van der Waals surface area contributed by atoms with Crippen molar-refractivity contribution in [1.29, 1.82) is 0 Å². The van der Waals surface area contributed by atoms with Crippen molar-refractivity contribution < 1.29 is 4.42 Å². The quantitative estimate of drug-likeness (QED) is 0.170. The monoisotopic (exact) mass is 669 g/mol. The predicted molar refractivity (Wildman–Crippen MR) is 219 cm³/mol. The normalized spacial score (nSPS) is 13.1. The molecule has 0 unspecified atom stereocenters. The lowest BCUT2D eigenvalue weighted by Gasteiger charge is -2.29. The van der Waals surface area contributed by atoms with Crippen LogP contribution < -0.4 is 15.3 Å². The number of para-hydroxylation sites is 1. The standard InChI is InChI=1S/C48H35NOSi/c1-51(2)44-21-11-19-41(47(44)48-45(51)29-28-43-46(48)40-18-8-9-20-42(40)50-43)49(39-17-10-16-36(31-39)32-12-4-3-5-13-32)38-26-24-34(25-27-38)37-23-22-33-14-6-7-15-35(33)30-37/h3-31H,1-2H3. The van der Waals surface area contributed by atoms with Gasteiger partial charge in [-0.15, -0.1) is 0 Å². The Kier molecular flexibility index (Phi) is 6.67. The van der Waals surface area contributed by atoms with E-state index in [1.807, 2.05) is 0 Å². The van der Waals surface area contributed by atoms with E-state index in [-0.39, 0.29) is 0 Å². The zero-order valence-electron chi connectivity index (χ0n) is 28.6. The molecule has 1 aliphatic rings. The van der Waals surface area contributed by atoms with Crippen LogP contribution in [0.2, 0.25) is 13.1 Å². The van der Waals surface area contributed by atoms with E-state index in [2.05, 4.69) is 194 Å². The van der Waals surface area contributed by atoms with Crippen LogP contribution in [0.25, 0.3) is 66.1 Å². The van der Waals surface area contributed by atoms with Crippen molar-refractivity contribution >= 4 is 68.2 Å². The van der Waals surface area contributed by atoms with E-state index in [0.29, 0.717) is 0 Å². The Morgan fingerprint density at radius 2 is 1.10 bits per heavy atom. The van der Waals surface area contributed by atoms with Crippen molar-refractivity contribution in [2.45, 2.75) is 13.1 Å². The second-order valence-corrected chi connectivity index (χ2v) is 18.5. The molecule has 3 heteroatoms. The zero-order valence-corrected chi connectivity index (χ0v) is 29.6. The summed E-state index contributed by atoms with van der Waals surface area (Å²) in [6, 6.07) is 64.0. The number of furan rings is 1. The molecule has 0 radical (unpaired) electrons. The van der Waals surface area contributed by atoms with Gasteiger partial charge in [-0.25, -0.2) is 0 Å². The first kappa shape index (κ1) is 29.7. The van der Waals surface area contributed by atoms with Crippen molar-refractivity contribution in [1.82, 2.24) is 0 Å². The molecule has 0 bridgehead atoms. The van der Waals surface area contributed by atoms with Crippen LogP contribution in [-0.2, 0) is 0 Å². The van der Waals surface area contributed by atoms with Crippen molar-refractivity contribution in [3.05, 3.63) is 176 Å². The van der Waals surface area contributed by atoms with Gasteiger partial charge in [-0.05, 0) is 97.5 Å². The summed E-state index contributed by atoms with van der Waals surface area (Å²) in [6.45, 7) is 4.99. The fraction of sp³-hybridized carbons (Fsp3) is 0.0417. The third kappa shape index (κ3) is 4.70. The number of anilines is 3. The maximum atomic E-state index is 6.48. The zero-order chi connectivity index (χ0) is 34.1. The van der Waals surface area contributed by atoms with Gasteiger partial charge >= 0.3 is 0 Å². The Morgan fingerprint density at radius 3 is 1.96 bits per heavy atom. The fourth-order valence-corrected chi connectivity index (χ4v) is 11.4. The molecule has 0 fully saturated rings. The lowest BCUT2D eigenvalue weighted by molar-refractivity contribution is 0.669. The first-order valence-corrected chi connectivity index (χ1v) is 20.7. The third-order valence-corrected chi connectivity index (χ3v) is 14.4. The molecule has 242 valence electrons. The minimum absolute atomic E-state index is 0.933. The minimum Gasteiger partial charge on any atom is -0.456 e. The number of nitrogens with zero attached hydrogens (tertiary/aromatic N) is 1. The van der Waals surface area contributed by atoms with Gasteiger partial charge in [0.15, 0.2) is 0 Å². The second-order valence-electron chi connectivity index (χ2n) is 14.1. The van der Waals surface area contributed by atoms with E-state index in [1.165, 1.54) is 71.0 Å². The summed E-state index contributed by atoms with van der Waals surface area (Å²) in [6.07, 6.45) is 0. The topological polar surface area (TPSA) is 16.4 Å². The highest BCUT2D eigenvalue weighted by Gasteiger charge is 2.41. The molecule has 0 saturated carbocycles. The van der Waals surface area contributed by atoms with Gasteiger partial charge in [0.25, 0.3) is 0 Å². The average Bonchev–Trinajstić information content (AvgIpc) is 3.68. The molecule has 1 aliphatic heterocycles. The third-order valence-electron chi connectivity index (χ3n) is 10.8. The predicted octanol–water partition coefficient (Wildman–Crippen LogP) is 12.3. The first-order valence-electron chi connectivity index (χ1n) is 17.7. The van der Waals surface area contributed by atoms with Crippen LogP contribution in [0.3, 0.4) is 0 Å². The number of rotatable bonds is 5. The molecule has 0 N–H and O–H groups in total. The van der Waals surface area contributed by atoms with Crippen LogP contribution in [0.1, 0.15) is 0 Å². The molecule has 9 aromatic rings. The minimum atomic E-state index is -2.05. The summed E-state index contributed by atoms with van der Waals surface area (Å²) >= 11 is 0. The van der Waals surface area contributed by atoms with Crippen LogP contribution in [0, 0.1) is 0 Å². The van der Waals surface area contributed by atoms with Gasteiger partial charge in [0, 0.05) is 27.7 Å². The molecule has 8 aromatic carbocycles. The fourth-order valence-electron chi connectivity index (χ4n) is 8.31. The van der Waals surface area contributed by atoms with E-state index in [9.17, 15) is 0 Å². The van der Waals surface area contributed by atoms with Crippen molar-refractivity contribution in [3.8, 4) is 33.4 Å². The van der Waals surface area contributed by atoms with Crippen LogP contribution in [0.15, 0.2) is 180 Å². The molecule has 1 aromatic heterocycles. The lowest BCUT2D eigenvalue weighted by atomic mass is 9.96. The first-order chi connectivity index (χ1) is 25.0. The highest BCUT2D eigenvalue weighted by Crippen LogP contribution is 2.47. The van der Waals surface area contributed by atoms with Crippen LogP contribution in [0.4, 0.5) is 17.1 Å². The summed E-state index contributed by atoms with van der Waals surface area (Å²) in [4.78, 5) is 2.47. The van der Waals surface area contributed by atoms with Crippen molar-refractivity contribution in [2.75, 3.05) is 4.90 Å². The molecule has 51 heavy (non-hydrogen) atoms. The maximum absolute atomic E-state index is 6.48. The van der Waals surface area contributed by atoms with Gasteiger partial charge in [-0.2, -0.15) is 0 Å². The Bertz CT molecular complexity index is 2780. The molecule has 2 nitrogen and oxygen atoms in total. The number of benzene rings is 8. The lowest BCUT2D eigenvalue weighted by Crippen LogP contribution is -2.49. The van der Waals surface area contributed by atoms with Crippen LogP contribution >= 0.6 is 0 Å². The van der Waals surface area contributed by atoms with Gasteiger partial charge in [-0.1, -0.05) is 140 Å². The summed E-state index contributed by atoms with van der Waals surface area (Å²) < 4.78 is 6.48. The molecular weight excluding hydrogens is 635 g/mol. The molecule has 0 atom stereocenters. The largest absolute Gasteiger partial charge is 0.456 e. The molecule has 2 heterocycles. The molecule has 10 rings (SSSR count). The summed E-state index contributed by atoms with van der Waals surface area (Å²) in [5.41, 5.74) is 12.8. The molecule has 0 amide bonds. The van der Waals surface area contributed by atoms with Crippen molar-refractivity contribution in [2.24, 2.45) is 0 Å². The highest BCUT2D eigenvalue weighted by molar-refractivity contribution is 7.04. The summed E-state index contributed by atoms with van der Waals surface area (Å²) in [5.74, 6) is 0. The van der Waals surface area contributed by atoms with Crippen LogP contribution in [-0.4, -0.2) is 8.07 Å². The Hall–Kier alpha value is -6.16. The van der Waals surface area contributed by atoms with Gasteiger partial charge in [0.2, 0.25) is 0 Å². The number of hydrogen-bond donors (Lipinski definition) is 0. The second kappa shape index (κ2) is 11.4. The smallest absolute Gasteiger partial charge is 0.136 e. The Morgan fingerprint density at radius 1 is 0.431 bits per heavy atom. The maximum Gasteiger partial charge on any atom is 0.136 e. The van der Waals surface area contributed by atoms with Gasteiger partial charge < -0.3 is 9.32 Å². The van der Waals surface area contributed by atoms with E-state index in [1.54, 1.807) is 0 Å². The van der Waals surface area contributed by atoms with Gasteiger partial charge in [0.05, 0.1) is 5.69 Å². The molecule has 0 spiro atoms. The Balaban J connectivity index is 1.21. The van der Waals surface area contributed by atoms with Gasteiger partial charge in [0.1, 0.15) is 19.2 Å². The average molecular weight is 670 g/mol. The molecule has 0 saturated heterocycles. The van der Waals surface area contributed by atoms with E-state index in [0.717, 1.165) is 22.5 Å². The Labute approximate surface area is 298 Å². The summed E-state index contributed by atoms with van der Waals surface area (Å²) in [5, 5.41) is 7.83. The number of hydrogen-bond acceptors (Lipinski definition) is 2. The van der Waals surface area contributed by atoms with E-state index in [4.69, 9.17) is 4.42 Å². The van der Waals surface area contributed by atoms with E-state index < -0.39 is 8.07 Å². The highest BCUT2D eigenvalue weighted by atomic mass is 28.3. The van der Waals surface area contributed by atoms with E-state index >= 15 is 0 Å². The summed E-state index contributed by atoms with van der Waals surface area (Å²) in [7, 11) is -2.05.